The van der Waals surface area contributed by atoms with Gasteiger partial charge < -0.3 is 4.57 Å². The van der Waals surface area contributed by atoms with E-state index in [1.807, 2.05) is 48.7 Å². The number of rotatable bonds is 3. The van der Waals surface area contributed by atoms with Crippen LogP contribution in [0.15, 0.2) is 84.6 Å². The Kier molecular flexibility index (Phi) is 4.15. The lowest BCUT2D eigenvalue weighted by Gasteiger charge is -2.07. The Labute approximate surface area is 173 Å². The Balaban J connectivity index is 1.62. The standard InChI is InChI=1S/C26H16N2O2/c27-14-17-7-1-2-8-18(17)15-28-16-19(20-9-5-6-12-24(20)28)13-23-25(29)21-10-3-4-11-22(21)26(23)30/h1-13,16H,15H2. The van der Waals surface area contributed by atoms with E-state index in [9.17, 15) is 14.9 Å². The molecule has 0 radical (unpaired) electrons. The summed E-state index contributed by atoms with van der Waals surface area (Å²) in [6.07, 6.45) is 3.63. The number of fused-ring (bicyclic) bond motifs is 2. The summed E-state index contributed by atoms with van der Waals surface area (Å²) in [4.78, 5) is 25.6. The first kappa shape index (κ1) is 17.8. The van der Waals surface area contributed by atoms with Crippen LogP contribution in [0.3, 0.4) is 0 Å². The van der Waals surface area contributed by atoms with E-state index in [1.165, 1.54) is 0 Å². The highest BCUT2D eigenvalue weighted by atomic mass is 16.2. The number of carbonyl (C=O) groups excluding carboxylic acids is 2. The van der Waals surface area contributed by atoms with Gasteiger partial charge in [-0.15, -0.1) is 0 Å². The van der Waals surface area contributed by atoms with Crippen molar-refractivity contribution in [3.05, 3.63) is 112 Å². The van der Waals surface area contributed by atoms with Gasteiger partial charge in [0.2, 0.25) is 0 Å². The Bertz CT molecular complexity index is 1380. The molecule has 0 unspecified atom stereocenters. The van der Waals surface area contributed by atoms with Crippen molar-refractivity contribution in [2.75, 3.05) is 0 Å². The van der Waals surface area contributed by atoms with E-state index >= 15 is 0 Å². The average molecular weight is 388 g/mol. The van der Waals surface area contributed by atoms with Gasteiger partial charge in [0.1, 0.15) is 0 Å². The summed E-state index contributed by atoms with van der Waals surface area (Å²) < 4.78 is 2.05. The Hall–Kier alpha value is -4.23. The molecule has 3 aromatic carbocycles. The number of hydrogen-bond donors (Lipinski definition) is 0. The number of carbonyl (C=O) groups is 2. The zero-order chi connectivity index (χ0) is 20.7. The quantitative estimate of drug-likeness (QED) is 0.365. The largest absolute Gasteiger partial charge is 0.342 e. The van der Waals surface area contributed by atoms with Crippen molar-refractivity contribution >= 4 is 28.5 Å². The van der Waals surface area contributed by atoms with Crippen LogP contribution in [0.1, 0.15) is 37.4 Å². The number of hydrogen-bond acceptors (Lipinski definition) is 3. The molecule has 0 spiro atoms. The molecule has 0 aliphatic heterocycles. The maximum Gasteiger partial charge on any atom is 0.197 e. The van der Waals surface area contributed by atoms with Crippen LogP contribution in [0.2, 0.25) is 0 Å². The Morgan fingerprint density at radius 1 is 0.833 bits per heavy atom. The third kappa shape index (κ3) is 2.76. The van der Waals surface area contributed by atoms with E-state index < -0.39 is 0 Å². The van der Waals surface area contributed by atoms with Crippen molar-refractivity contribution in [3.8, 4) is 6.07 Å². The minimum atomic E-state index is -0.234. The second-order valence-electron chi connectivity index (χ2n) is 7.26. The topological polar surface area (TPSA) is 62.9 Å². The molecule has 5 rings (SSSR count). The first-order valence-corrected chi connectivity index (χ1v) is 9.63. The third-order valence-electron chi connectivity index (χ3n) is 5.50. The molecule has 0 fully saturated rings. The lowest BCUT2D eigenvalue weighted by Crippen LogP contribution is -2.01. The predicted molar refractivity (Wildman–Crippen MR) is 115 cm³/mol. The van der Waals surface area contributed by atoms with Crippen molar-refractivity contribution in [3.63, 3.8) is 0 Å². The van der Waals surface area contributed by atoms with Crippen molar-refractivity contribution in [2.45, 2.75) is 6.54 Å². The Morgan fingerprint density at radius 2 is 1.47 bits per heavy atom. The molecule has 4 nitrogen and oxygen atoms in total. The van der Waals surface area contributed by atoms with Crippen molar-refractivity contribution in [2.24, 2.45) is 0 Å². The molecular formula is C26H16N2O2. The lowest BCUT2D eigenvalue weighted by molar-refractivity contribution is 0.0990. The minimum Gasteiger partial charge on any atom is -0.342 e. The van der Waals surface area contributed by atoms with Gasteiger partial charge in [0.05, 0.1) is 17.2 Å². The minimum absolute atomic E-state index is 0.191. The van der Waals surface area contributed by atoms with Gasteiger partial charge in [0, 0.05) is 40.3 Å². The molecule has 1 aliphatic carbocycles. The molecule has 4 aromatic rings. The zero-order valence-electron chi connectivity index (χ0n) is 16.0. The summed E-state index contributed by atoms with van der Waals surface area (Å²) in [5.74, 6) is -0.468. The fourth-order valence-electron chi connectivity index (χ4n) is 4.03. The van der Waals surface area contributed by atoms with Crippen LogP contribution in [0.4, 0.5) is 0 Å². The van der Waals surface area contributed by atoms with E-state index in [2.05, 4.69) is 10.6 Å². The molecule has 0 amide bonds. The van der Waals surface area contributed by atoms with Crippen LogP contribution in [0, 0.1) is 11.3 Å². The SMILES string of the molecule is N#Cc1ccccc1Cn1cc(C=C2C(=O)c3ccccc3C2=O)c2ccccc21. The average Bonchev–Trinajstić information content (AvgIpc) is 3.25. The highest BCUT2D eigenvalue weighted by molar-refractivity contribution is 6.41. The number of allylic oxidation sites excluding steroid dienone is 1. The summed E-state index contributed by atoms with van der Waals surface area (Å²) in [7, 11) is 0. The molecule has 0 atom stereocenters. The summed E-state index contributed by atoms with van der Waals surface area (Å²) in [6, 6.07) is 24.5. The van der Waals surface area contributed by atoms with Gasteiger partial charge >= 0.3 is 0 Å². The van der Waals surface area contributed by atoms with Crippen molar-refractivity contribution in [1.29, 1.82) is 5.26 Å². The highest BCUT2D eigenvalue weighted by Gasteiger charge is 2.32. The van der Waals surface area contributed by atoms with E-state index in [0.717, 1.165) is 22.0 Å². The number of aromatic nitrogens is 1. The van der Waals surface area contributed by atoms with Crippen molar-refractivity contribution in [1.82, 2.24) is 4.57 Å². The monoisotopic (exact) mass is 388 g/mol. The highest BCUT2D eigenvalue weighted by Crippen LogP contribution is 2.30. The van der Waals surface area contributed by atoms with Gasteiger partial charge in [0.15, 0.2) is 11.6 Å². The molecule has 0 saturated heterocycles. The maximum atomic E-state index is 12.8. The van der Waals surface area contributed by atoms with Gasteiger partial charge in [0.25, 0.3) is 0 Å². The predicted octanol–water partition coefficient (Wildman–Crippen LogP) is 5.02. The van der Waals surface area contributed by atoms with Gasteiger partial charge in [-0.2, -0.15) is 5.26 Å². The van der Waals surface area contributed by atoms with E-state index in [0.29, 0.717) is 23.2 Å². The van der Waals surface area contributed by atoms with Crippen LogP contribution in [0.25, 0.3) is 17.0 Å². The first-order valence-electron chi connectivity index (χ1n) is 9.63. The fraction of sp³-hybridized carbons (Fsp3) is 0.0385. The number of nitriles is 1. The summed E-state index contributed by atoms with van der Waals surface area (Å²) in [6.45, 7) is 0.523. The third-order valence-corrected chi connectivity index (χ3v) is 5.50. The smallest absolute Gasteiger partial charge is 0.197 e. The number of para-hydroxylation sites is 1. The Morgan fingerprint density at radius 3 is 2.20 bits per heavy atom. The second-order valence-corrected chi connectivity index (χ2v) is 7.26. The molecule has 1 heterocycles. The molecule has 142 valence electrons. The van der Waals surface area contributed by atoms with Crippen molar-refractivity contribution < 1.29 is 9.59 Å². The van der Waals surface area contributed by atoms with Crippen LogP contribution in [-0.4, -0.2) is 16.1 Å². The number of benzene rings is 3. The van der Waals surface area contributed by atoms with Gasteiger partial charge in [-0.3, -0.25) is 9.59 Å². The normalized spacial score (nSPS) is 12.8. The van der Waals surface area contributed by atoms with Gasteiger partial charge in [-0.05, 0) is 23.8 Å². The first-order chi connectivity index (χ1) is 14.7. The maximum absolute atomic E-state index is 12.8. The fourth-order valence-corrected chi connectivity index (χ4v) is 4.03. The number of nitrogens with zero attached hydrogens (tertiary/aromatic N) is 2. The number of Topliss-reactive ketones (excluding diaryl/α,β-unsaturated/α-hetero) is 2. The molecule has 4 heteroatoms. The molecular weight excluding hydrogens is 372 g/mol. The zero-order valence-corrected chi connectivity index (χ0v) is 16.0. The van der Waals surface area contributed by atoms with Crippen LogP contribution < -0.4 is 0 Å². The summed E-state index contributed by atoms with van der Waals surface area (Å²) >= 11 is 0. The molecule has 30 heavy (non-hydrogen) atoms. The molecule has 0 saturated carbocycles. The molecule has 1 aromatic heterocycles. The molecule has 0 N–H and O–H groups in total. The molecule has 0 bridgehead atoms. The van der Waals surface area contributed by atoms with E-state index in [-0.39, 0.29) is 17.1 Å². The summed E-state index contributed by atoms with van der Waals surface area (Å²) in [5, 5.41) is 10.4. The second kappa shape index (κ2) is 6.98. The van der Waals surface area contributed by atoms with E-state index in [4.69, 9.17) is 0 Å². The van der Waals surface area contributed by atoms with E-state index in [1.54, 1.807) is 36.4 Å². The number of ketones is 2. The lowest BCUT2D eigenvalue weighted by atomic mass is 10.1. The van der Waals surface area contributed by atoms with Gasteiger partial charge in [-0.1, -0.05) is 60.7 Å². The summed E-state index contributed by atoms with van der Waals surface area (Å²) in [5.41, 5.74) is 4.45. The van der Waals surface area contributed by atoms with Crippen LogP contribution in [0.5, 0.6) is 0 Å². The van der Waals surface area contributed by atoms with Crippen LogP contribution >= 0.6 is 0 Å². The molecule has 1 aliphatic rings. The van der Waals surface area contributed by atoms with Gasteiger partial charge in [-0.25, -0.2) is 0 Å². The van der Waals surface area contributed by atoms with Crippen LogP contribution in [-0.2, 0) is 6.54 Å².